The standard InChI is InChI=1S/C21H32ClN3O5S2/c22-17-4-5-18(31-17)32(27,28)24-19-16-3-1-7-21(19,8-6-16)15-30-20(26)23-9-2-10-25-11-13-29-14-12-25/h4-5,16,19,24H,1-3,6-15H2,(H,23,26). The van der Waals surface area contributed by atoms with Crippen molar-refractivity contribution < 1.29 is 22.7 Å². The Kier molecular flexibility index (Phi) is 8.00. The van der Waals surface area contributed by atoms with E-state index in [0.717, 1.165) is 82.7 Å². The number of sulfonamides is 1. The van der Waals surface area contributed by atoms with E-state index < -0.39 is 16.1 Å². The fourth-order valence-corrected chi connectivity index (χ4v) is 8.21. The molecule has 1 aromatic heterocycles. The molecule has 1 saturated heterocycles. The number of ether oxygens (including phenoxy) is 2. The number of hydrogen-bond acceptors (Lipinski definition) is 7. The number of nitrogens with zero attached hydrogens (tertiary/aromatic N) is 1. The van der Waals surface area contributed by atoms with Crippen molar-refractivity contribution in [3.05, 3.63) is 16.5 Å². The molecule has 2 bridgehead atoms. The molecular formula is C21H32ClN3O5S2. The van der Waals surface area contributed by atoms with Gasteiger partial charge in [-0.3, -0.25) is 4.90 Å². The number of rotatable bonds is 9. The molecule has 2 heterocycles. The molecule has 32 heavy (non-hydrogen) atoms. The monoisotopic (exact) mass is 505 g/mol. The lowest BCUT2D eigenvalue weighted by Crippen LogP contribution is -2.52. The molecule has 4 rings (SSSR count). The van der Waals surface area contributed by atoms with Crippen LogP contribution in [0, 0.1) is 11.3 Å². The summed E-state index contributed by atoms with van der Waals surface area (Å²) in [6, 6.07) is 2.91. The van der Waals surface area contributed by atoms with E-state index in [-0.39, 0.29) is 28.2 Å². The van der Waals surface area contributed by atoms with Crippen LogP contribution >= 0.6 is 22.9 Å². The van der Waals surface area contributed by atoms with Crippen LogP contribution in [0.4, 0.5) is 4.79 Å². The van der Waals surface area contributed by atoms with E-state index in [9.17, 15) is 13.2 Å². The minimum atomic E-state index is -3.66. The fourth-order valence-electron chi connectivity index (χ4n) is 5.30. The molecule has 0 spiro atoms. The highest BCUT2D eigenvalue weighted by molar-refractivity contribution is 7.91. The number of fused-ring (bicyclic) bond motifs is 2. The molecule has 2 N–H and O–H groups in total. The van der Waals surface area contributed by atoms with Gasteiger partial charge < -0.3 is 14.8 Å². The van der Waals surface area contributed by atoms with Gasteiger partial charge in [-0.05, 0) is 56.7 Å². The van der Waals surface area contributed by atoms with E-state index >= 15 is 0 Å². The van der Waals surface area contributed by atoms with Crippen LogP contribution in [0.3, 0.4) is 0 Å². The highest BCUT2D eigenvalue weighted by Crippen LogP contribution is 2.52. The van der Waals surface area contributed by atoms with Crippen molar-refractivity contribution in [2.75, 3.05) is 46.0 Å². The molecule has 2 aliphatic carbocycles. The van der Waals surface area contributed by atoms with Crippen LogP contribution < -0.4 is 10.0 Å². The largest absolute Gasteiger partial charge is 0.449 e. The van der Waals surface area contributed by atoms with Crippen LogP contribution in [0.15, 0.2) is 16.3 Å². The summed E-state index contributed by atoms with van der Waals surface area (Å²) in [7, 11) is -3.66. The Bertz CT molecular complexity index is 886. The Morgan fingerprint density at radius 1 is 1.28 bits per heavy atom. The molecule has 0 aromatic carbocycles. The molecule has 3 unspecified atom stereocenters. The Morgan fingerprint density at radius 2 is 2.09 bits per heavy atom. The van der Waals surface area contributed by atoms with E-state index in [1.807, 2.05) is 0 Å². The van der Waals surface area contributed by atoms with E-state index in [1.54, 1.807) is 6.07 Å². The van der Waals surface area contributed by atoms with Gasteiger partial charge in [0.25, 0.3) is 0 Å². The summed E-state index contributed by atoms with van der Waals surface area (Å²) in [5.74, 6) is 0.272. The molecule has 1 amide bonds. The van der Waals surface area contributed by atoms with Gasteiger partial charge in [0.05, 0.1) is 17.6 Å². The van der Waals surface area contributed by atoms with Crippen molar-refractivity contribution in [3.63, 3.8) is 0 Å². The van der Waals surface area contributed by atoms with Crippen molar-refractivity contribution in [2.24, 2.45) is 11.3 Å². The summed E-state index contributed by atoms with van der Waals surface area (Å²) in [4.78, 5) is 14.6. The van der Waals surface area contributed by atoms with Gasteiger partial charge in [0.1, 0.15) is 10.8 Å². The lowest BCUT2D eigenvalue weighted by molar-refractivity contribution is 0.0365. The first kappa shape index (κ1) is 24.2. The van der Waals surface area contributed by atoms with Gasteiger partial charge in [0.15, 0.2) is 0 Å². The third-order valence-electron chi connectivity index (χ3n) is 7.00. The maximum Gasteiger partial charge on any atom is 0.407 e. The quantitative estimate of drug-likeness (QED) is 0.501. The highest BCUT2D eigenvalue weighted by Gasteiger charge is 2.53. The summed E-state index contributed by atoms with van der Waals surface area (Å²) in [6.07, 6.45) is 5.11. The smallest absolute Gasteiger partial charge is 0.407 e. The Morgan fingerprint density at radius 3 is 2.84 bits per heavy atom. The number of carbonyl (C=O) groups excluding carboxylic acids is 1. The van der Waals surface area contributed by atoms with E-state index in [1.165, 1.54) is 6.07 Å². The van der Waals surface area contributed by atoms with Crippen LogP contribution in [0.25, 0.3) is 0 Å². The van der Waals surface area contributed by atoms with E-state index in [4.69, 9.17) is 21.1 Å². The van der Waals surface area contributed by atoms with Gasteiger partial charge in [-0.1, -0.05) is 18.0 Å². The van der Waals surface area contributed by atoms with Gasteiger partial charge in [0.2, 0.25) is 10.0 Å². The second-order valence-corrected chi connectivity index (χ2v) is 12.7. The van der Waals surface area contributed by atoms with Crippen LogP contribution in [-0.4, -0.2) is 71.5 Å². The zero-order chi connectivity index (χ0) is 22.6. The van der Waals surface area contributed by atoms with Crippen molar-refractivity contribution in [2.45, 2.75) is 48.8 Å². The molecule has 3 fully saturated rings. The van der Waals surface area contributed by atoms with Crippen molar-refractivity contribution in [3.8, 4) is 0 Å². The third-order valence-corrected chi connectivity index (χ3v) is 10.2. The summed E-state index contributed by atoms with van der Waals surface area (Å²) in [5, 5.41) is 2.84. The van der Waals surface area contributed by atoms with Crippen LogP contribution in [0.5, 0.6) is 0 Å². The predicted octanol–water partition coefficient (Wildman–Crippen LogP) is 3.08. The molecule has 1 aliphatic heterocycles. The number of thiophene rings is 1. The van der Waals surface area contributed by atoms with Crippen LogP contribution in [0.2, 0.25) is 4.34 Å². The highest BCUT2D eigenvalue weighted by atomic mass is 35.5. The maximum atomic E-state index is 12.9. The Balaban J connectivity index is 1.28. The van der Waals surface area contributed by atoms with Gasteiger partial charge in [-0.2, -0.15) is 0 Å². The predicted molar refractivity (Wildman–Crippen MR) is 124 cm³/mol. The number of alkyl carbamates (subject to hydrolysis) is 1. The zero-order valence-electron chi connectivity index (χ0n) is 18.2. The number of amides is 1. The Labute approximate surface area is 199 Å². The molecular weight excluding hydrogens is 474 g/mol. The zero-order valence-corrected chi connectivity index (χ0v) is 20.6. The first-order valence-electron chi connectivity index (χ1n) is 11.4. The number of morpholine rings is 1. The van der Waals surface area contributed by atoms with Crippen molar-refractivity contribution >= 4 is 39.1 Å². The minimum absolute atomic E-state index is 0.224. The normalized spacial score (nSPS) is 28.5. The molecule has 2 saturated carbocycles. The summed E-state index contributed by atoms with van der Waals surface area (Å²) in [5.41, 5.74) is -0.345. The summed E-state index contributed by atoms with van der Waals surface area (Å²) >= 11 is 6.99. The number of halogens is 1. The van der Waals surface area contributed by atoms with Crippen molar-refractivity contribution in [1.82, 2.24) is 14.9 Å². The molecule has 180 valence electrons. The second-order valence-electron chi connectivity index (χ2n) is 9.02. The second kappa shape index (κ2) is 10.6. The van der Waals surface area contributed by atoms with Crippen LogP contribution in [0.1, 0.15) is 38.5 Å². The lowest BCUT2D eigenvalue weighted by atomic mass is 9.72. The SMILES string of the molecule is O=C(NCCCN1CCOCC1)OCC12CCCC(CC1)C2NS(=O)(=O)c1ccc(Cl)s1. The molecule has 1 aromatic rings. The average Bonchev–Trinajstić information content (AvgIpc) is 3.28. The lowest BCUT2D eigenvalue weighted by Gasteiger charge is -2.40. The maximum absolute atomic E-state index is 12.9. The molecule has 8 nitrogen and oxygen atoms in total. The van der Waals surface area contributed by atoms with Gasteiger partial charge in [-0.25, -0.2) is 17.9 Å². The number of carbonyl (C=O) groups is 1. The molecule has 3 aliphatic rings. The summed E-state index contributed by atoms with van der Waals surface area (Å²) in [6.45, 7) is 5.11. The van der Waals surface area contributed by atoms with E-state index in [2.05, 4.69) is 14.9 Å². The summed E-state index contributed by atoms with van der Waals surface area (Å²) < 4.78 is 40.4. The van der Waals surface area contributed by atoms with Gasteiger partial charge in [0, 0.05) is 31.1 Å². The van der Waals surface area contributed by atoms with E-state index in [0.29, 0.717) is 10.9 Å². The number of nitrogens with one attached hydrogen (secondary N) is 2. The average molecular weight is 506 g/mol. The first-order chi connectivity index (χ1) is 15.4. The Hall–Kier alpha value is -0.910. The fraction of sp³-hybridized carbons (Fsp3) is 0.762. The van der Waals surface area contributed by atoms with Gasteiger partial charge in [-0.15, -0.1) is 11.3 Å². The molecule has 11 heteroatoms. The number of hydrogen-bond donors (Lipinski definition) is 2. The van der Waals surface area contributed by atoms with Gasteiger partial charge >= 0.3 is 6.09 Å². The molecule has 3 atom stereocenters. The third kappa shape index (κ3) is 5.77. The topological polar surface area (TPSA) is 97.0 Å². The minimum Gasteiger partial charge on any atom is -0.449 e. The first-order valence-corrected chi connectivity index (χ1v) is 14.0. The van der Waals surface area contributed by atoms with Crippen molar-refractivity contribution in [1.29, 1.82) is 0 Å². The molecule has 0 radical (unpaired) electrons. The van der Waals surface area contributed by atoms with Crippen LogP contribution in [-0.2, 0) is 19.5 Å².